The first kappa shape index (κ1) is 20.1. The van der Waals surface area contributed by atoms with Crippen LogP contribution in [0.5, 0.6) is 0 Å². The molecule has 0 radical (unpaired) electrons. The molecule has 0 amide bonds. The third-order valence-corrected chi connectivity index (χ3v) is 4.89. The first-order valence-electron chi connectivity index (χ1n) is 9.14. The normalized spacial score (nSPS) is 17.3. The van der Waals surface area contributed by atoms with Gasteiger partial charge in [0.2, 0.25) is 0 Å². The smallest absolute Gasteiger partial charge is 0.191 e. The maximum absolute atomic E-state index is 5.53. The SMILES string of the molecule is CCNC(=NCC(c1cccc(C)c1)N1CCOCC1)NCCSC. The van der Waals surface area contributed by atoms with Crippen LogP contribution in [0.2, 0.25) is 0 Å². The monoisotopic (exact) mass is 364 g/mol. The van der Waals surface area contributed by atoms with Gasteiger partial charge in [0.05, 0.1) is 25.8 Å². The lowest BCUT2D eigenvalue weighted by Crippen LogP contribution is -2.42. The van der Waals surface area contributed by atoms with E-state index in [2.05, 4.69) is 59.9 Å². The van der Waals surface area contributed by atoms with Gasteiger partial charge in [-0.2, -0.15) is 11.8 Å². The number of aliphatic imine (C=N–C) groups is 1. The summed E-state index contributed by atoms with van der Waals surface area (Å²) in [5.41, 5.74) is 2.63. The Bertz CT molecular complexity index is 532. The predicted octanol–water partition coefficient (Wildman–Crippen LogP) is 2.29. The molecule has 6 heteroatoms. The van der Waals surface area contributed by atoms with Crippen molar-refractivity contribution in [2.45, 2.75) is 19.9 Å². The number of thioether (sulfide) groups is 1. The maximum atomic E-state index is 5.53. The highest BCUT2D eigenvalue weighted by molar-refractivity contribution is 7.98. The van der Waals surface area contributed by atoms with Crippen molar-refractivity contribution in [1.82, 2.24) is 15.5 Å². The van der Waals surface area contributed by atoms with Crippen molar-refractivity contribution in [2.24, 2.45) is 4.99 Å². The summed E-state index contributed by atoms with van der Waals surface area (Å²) in [6.07, 6.45) is 2.12. The van der Waals surface area contributed by atoms with Crippen LogP contribution in [0, 0.1) is 6.92 Å². The van der Waals surface area contributed by atoms with Crippen LogP contribution in [0.15, 0.2) is 29.3 Å². The molecule has 1 saturated heterocycles. The second kappa shape index (κ2) is 11.4. The number of hydrogen-bond donors (Lipinski definition) is 2. The average Bonchev–Trinajstić information content (AvgIpc) is 2.63. The van der Waals surface area contributed by atoms with Gasteiger partial charge in [-0.05, 0) is 25.7 Å². The lowest BCUT2D eigenvalue weighted by molar-refractivity contribution is 0.0179. The van der Waals surface area contributed by atoms with Crippen molar-refractivity contribution in [3.63, 3.8) is 0 Å². The maximum Gasteiger partial charge on any atom is 0.191 e. The Balaban J connectivity index is 2.11. The second-order valence-electron chi connectivity index (χ2n) is 6.22. The number of aryl methyl sites for hydroxylation is 1. The van der Waals surface area contributed by atoms with Crippen molar-refractivity contribution in [3.8, 4) is 0 Å². The van der Waals surface area contributed by atoms with Gasteiger partial charge >= 0.3 is 0 Å². The molecule has 5 nitrogen and oxygen atoms in total. The number of rotatable bonds is 8. The molecule has 1 fully saturated rings. The fourth-order valence-electron chi connectivity index (χ4n) is 2.99. The van der Waals surface area contributed by atoms with Crippen molar-refractivity contribution < 1.29 is 4.74 Å². The number of nitrogens with zero attached hydrogens (tertiary/aromatic N) is 2. The predicted molar refractivity (Wildman–Crippen MR) is 109 cm³/mol. The minimum absolute atomic E-state index is 0.291. The van der Waals surface area contributed by atoms with Crippen LogP contribution in [0.25, 0.3) is 0 Å². The van der Waals surface area contributed by atoms with Crippen molar-refractivity contribution in [1.29, 1.82) is 0 Å². The average molecular weight is 365 g/mol. The summed E-state index contributed by atoms with van der Waals surface area (Å²) < 4.78 is 5.53. The van der Waals surface area contributed by atoms with Crippen LogP contribution in [0.4, 0.5) is 0 Å². The van der Waals surface area contributed by atoms with Crippen molar-refractivity contribution in [2.75, 3.05) is 57.9 Å². The molecule has 1 aromatic carbocycles. The van der Waals surface area contributed by atoms with E-state index >= 15 is 0 Å². The highest BCUT2D eigenvalue weighted by Crippen LogP contribution is 2.23. The van der Waals surface area contributed by atoms with E-state index in [0.717, 1.165) is 57.6 Å². The van der Waals surface area contributed by atoms with Crippen molar-refractivity contribution in [3.05, 3.63) is 35.4 Å². The third kappa shape index (κ3) is 6.88. The topological polar surface area (TPSA) is 48.9 Å². The quantitative estimate of drug-likeness (QED) is 0.421. The fraction of sp³-hybridized carbons (Fsp3) is 0.632. The molecule has 1 heterocycles. The highest BCUT2D eigenvalue weighted by Gasteiger charge is 2.22. The van der Waals surface area contributed by atoms with E-state index in [1.54, 1.807) is 0 Å². The van der Waals surface area contributed by atoms with Gasteiger partial charge in [0.1, 0.15) is 0 Å². The number of guanidine groups is 1. The second-order valence-corrected chi connectivity index (χ2v) is 7.20. The first-order chi connectivity index (χ1) is 12.2. The summed E-state index contributed by atoms with van der Waals surface area (Å²) in [5.74, 6) is 1.98. The Morgan fingerprint density at radius 2 is 2.12 bits per heavy atom. The molecule has 0 saturated carbocycles. The third-order valence-electron chi connectivity index (χ3n) is 4.28. The largest absolute Gasteiger partial charge is 0.379 e. The first-order valence-corrected chi connectivity index (χ1v) is 10.5. The van der Waals surface area contributed by atoms with E-state index in [0.29, 0.717) is 6.04 Å². The molecule has 1 atom stereocenters. The van der Waals surface area contributed by atoms with Gasteiger partial charge < -0.3 is 15.4 Å². The number of nitrogens with one attached hydrogen (secondary N) is 2. The molecule has 0 bridgehead atoms. The van der Waals surface area contributed by atoms with Crippen LogP contribution in [-0.2, 0) is 4.74 Å². The van der Waals surface area contributed by atoms with Gasteiger partial charge in [0.25, 0.3) is 0 Å². The molecule has 0 aliphatic carbocycles. The van der Waals surface area contributed by atoms with Crippen molar-refractivity contribution >= 4 is 17.7 Å². The van der Waals surface area contributed by atoms with E-state index in [1.165, 1.54) is 11.1 Å². The zero-order valence-electron chi connectivity index (χ0n) is 15.8. The number of morpholine rings is 1. The molecule has 0 spiro atoms. The van der Waals surface area contributed by atoms with Crippen LogP contribution < -0.4 is 10.6 Å². The molecular weight excluding hydrogens is 332 g/mol. The number of ether oxygens (including phenoxy) is 1. The molecular formula is C19H32N4OS. The molecule has 2 N–H and O–H groups in total. The van der Waals surface area contributed by atoms with Crippen LogP contribution >= 0.6 is 11.8 Å². The lowest BCUT2D eigenvalue weighted by Gasteiger charge is -2.34. The molecule has 1 aliphatic heterocycles. The van der Waals surface area contributed by atoms with Crippen LogP contribution in [0.3, 0.4) is 0 Å². The minimum Gasteiger partial charge on any atom is -0.379 e. The van der Waals surface area contributed by atoms with E-state index in [9.17, 15) is 0 Å². The van der Waals surface area contributed by atoms with Gasteiger partial charge in [-0.3, -0.25) is 9.89 Å². The summed E-state index contributed by atoms with van der Waals surface area (Å²) in [6.45, 7) is 10.3. The molecule has 140 valence electrons. The van der Waals surface area contributed by atoms with Gasteiger partial charge in [0, 0.05) is 31.9 Å². The Hall–Kier alpha value is -1.24. The Kier molecular flexibility index (Phi) is 9.15. The Morgan fingerprint density at radius 3 is 2.80 bits per heavy atom. The summed E-state index contributed by atoms with van der Waals surface area (Å²) >= 11 is 1.84. The van der Waals surface area contributed by atoms with Gasteiger partial charge in [-0.25, -0.2) is 0 Å². The van der Waals surface area contributed by atoms with E-state index in [4.69, 9.17) is 9.73 Å². The Morgan fingerprint density at radius 1 is 1.32 bits per heavy atom. The summed E-state index contributed by atoms with van der Waals surface area (Å²) in [6, 6.07) is 9.08. The molecule has 2 rings (SSSR count). The minimum atomic E-state index is 0.291. The zero-order chi connectivity index (χ0) is 17.9. The summed E-state index contributed by atoms with van der Waals surface area (Å²) in [7, 11) is 0. The van der Waals surface area contributed by atoms with E-state index in [1.807, 2.05) is 11.8 Å². The number of hydrogen-bond acceptors (Lipinski definition) is 4. The molecule has 1 unspecified atom stereocenters. The zero-order valence-corrected chi connectivity index (χ0v) is 16.6. The molecule has 0 aromatic heterocycles. The molecule has 25 heavy (non-hydrogen) atoms. The standard InChI is InChI=1S/C19H32N4OS/c1-4-20-19(21-8-13-25-3)22-15-18(23-9-11-24-12-10-23)17-7-5-6-16(2)14-17/h5-7,14,18H,4,8-13,15H2,1-3H3,(H2,20,21,22). The van der Waals surface area contributed by atoms with Gasteiger partial charge in [0.15, 0.2) is 5.96 Å². The molecule has 1 aliphatic rings. The Labute approximate surface area is 156 Å². The lowest BCUT2D eigenvalue weighted by atomic mass is 10.0. The van der Waals surface area contributed by atoms with Crippen LogP contribution in [0.1, 0.15) is 24.1 Å². The number of benzene rings is 1. The van der Waals surface area contributed by atoms with Crippen LogP contribution in [-0.4, -0.2) is 68.8 Å². The van der Waals surface area contributed by atoms with E-state index in [-0.39, 0.29) is 0 Å². The summed E-state index contributed by atoms with van der Waals surface area (Å²) in [4.78, 5) is 7.36. The fourth-order valence-corrected chi connectivity index (χ4v) is 3.30. The van der Waals surface area contributed by atoms with Gasteiger partial charge in [-0.15, -0.1) is 0 Å². The van der Waals surface area contributed by atoms with E-state index < -0.39 is 0 Å². The van der Waals surface area contributed by atoms with Gasteiger partial charge in [-0.1, -0.05) is 29.8 Å². The molecule has 1 aromatic rings. The summed E-state index contributed by atoms with van der Waals surface area (Å²) in [5, 5.41) is 6.77. The highest BCUT2D eigenvalue weighted by atomic mass is 32.2.